The van der Waals surface area contributed by atoms with Crippen LogP contribution in [0, 0.1) is 0 Å². The number of hydrogen-bond acceptors (Lipinski definition) is 12. The number of anilines is 1. The Morgan fingerprint density at radius 3 is 2.59 bits per heavy atom. The zero-order valence-corrected chi connectivity index (χ0v) is 18.9. The zero-order chi connectivity index (χ0) is 23.2. The van der Waals surface area contributed by atoms with Gasteiger partial charge in [-0.1, -0.05) is 0 Å². The summed E-state index contributed by atoms with van der Waals surface area (Å²) in [7, 11) is 3.28. The molecule has 0 radical (unpaired) electrons. The molecule has 0 spiro atoms. The number of nitrogens with one attached hydrogen (secondary N) is 3. The Morgan fingerprint density at radius 2 is 1.97 bits per heavy atom. The number of nitrogens with two attached hydrogens (primary N) is 1. The maximum absolute atomic E-state index is 12.7. The van der Waals surface area contributed by atoms with Crippen molar-refractivity contribution in [1.82, 2.24) is 20.9 Å². The fourth-order valence-electron chi connectivity index (χ4n) is 4.83. The monoisotopic (exact) mass is 473 g/mol. The van der Waals surface area contributed by atoms with Crippen molar-refractivity contribution >= 4 is 22.4 Å². The molecule has 1 aliphatic carbocycles. The maximum Gasteiger partial charge on any atom is 0.239 e. The highest BCUT2D eigenvalue weighted by atomic mass is 32.1. The molecule has 1 aromatic heterocycles. The number of likely N-dealkylation sites (N-methyl/N-ethyl adjacent to an activating group) is 2. The second kappa shape index (κ2) is 9.08. The molecule has 32 heavy (non-hydrogen) atoms. The molecule has 1 amide bonds. The van der Waals surface area contributed by atoms with Gasteiger partial charge in [0.15, 0.2) is 5.13 Å². The predicted molar refractivity (Wildman–Crippen MR) is 114 cm³/mol. The van der Waals surface area contributed by atoms with Gasteiger partial charge >= 0.3 is 0 Å². The third-order valence-electron chi connectivity index (χ3n) is 6.40. The first-order valence-electron chi connectivity index (χ1n) is 10.6. The van der Waals surface area contributed by atoms with Crippen LogP contribution >= 0.6 is 11.3 Å². The SMILES string of the molecule is CN[C@@H]1[C@H](O)[C@H](NC)C2O[C@]3(O)C(OC2[C@H]1O)O[C@H](C)C[C@H]3NC(=O)Cc1csc(N)n1. The number of fused-ring (bicyclic) bond motifs is 2. The zero-order valence-electron chi connectivity index (χ0n) is 18.1. The van der Waals surface area contributed by atoms with Crippen LogP contribution in [0.3, 0.4) is 0 Å². The van der Waals surface area contributed by atoms with Crippen molar-refractivity contribution in [2.24, 2.45) is 0 Å². The van der Waals surface area contributed by atoms with Crippen molar-refractivity contribution in [3.63, 3.8) is 0 Å². The van der Waals surface area contributed by atoms with Gasteiger partial charge in [-0.3, -0.25) is 4.79 Å². The smallest absolute Gasteiger partial charge is 0.239 e. The largest absolute Gasteiger partial charge is 0.390 e. The van der Waals surface area contributed by atoms with Gasteiger partial charge in [-0.15, -0.1) is 11.3 Å². The Kier molecular flexibility index (Phi) is 6.73. The number of hydrogen-bond donors (Lipinski definition) is 7. The molecular formula is C19H31N5O7S. The second-order valence-corrected chi connectivity index (χ2v) is 9.42. The molecular weight excluding hydrogens is 442 g/mol. The molecule has 0 bridgehead atoms. The molecule has 180 valence electrons. The fraction of sp³-hybridized carbons (Fsp3) is 0.789. The Bertz CT molecular complexity index is 830. The number of nitrogen functional groups attached to an aromatic ring is 1. The third kappa shape index (κ3) is 4.13. The fourth-order valence-corrected chi connectivity index (χ4v) is 5.39. The van der Waals surface area contributed by atoms with Crippen LogP contribution in [0.2, 0.25) is 0 Å². The molecule has 10 atom stereocenters. The van der Waals surface area contributed by atoms with Gasteiger partial charge < -0.3 is 51.2 Å². The van der Waals surface area contributed by atoms with Gasteiger partial charge in [-0.2, -0.15) is 0 Å². The lowest BCUT2D eigenvalue weighted by atomic mass is 9.79. The van der Waals surface area contributed by atoms with Crippen LogP contribution < -0.4 is 21.7 Å². The highest BCUT2D eigenvalue weighted by molar-refractivity contribution is 7.13. The van der Waals surface area contributed by atoms with Crippen LogP contribution in [0.4, 0.5) is 5.13 Å². The normalized spacial score (nSPS) is 43.9. The molecule has 0 aromatic carbocycles. The maximum atomic E-state index is 12.7. The number of amides is 1. The number of aliphatic hydroxyl groups is 3. The number of carbonyl (C=O) groups excluding carboxylic acids is 1. The van der Waals surface area contributed by atoms with Crippen LogP contribution in [-0.4, -0.2) is 101 Å². The van der Waals surface area contributed by atoms with E-state index in [1.807, 2.05) is 0 Å². The molecule has 3 aliphatic rings. The molecule has 1 saturated carbocycles. The van der Waals surface area contributed by atoms with Crippen LogP contribution in [0.1, 0.15) is 19.0 Å². The summed E-state index contributed by atoms with van der Waals surface area (Å²) >= 11 is 1.24. The highest BCUT2D eigenvalue weighted by Gasteiger charge is 2.63. The summed E-state index contributed by atoms with van der Waals surface area (Å²) in [6.07, 6.45) is -5.24. The molecule has 2 saturated heterocycles. The minimum Gasteiger partial charge on any atom is -0.390 e. The van der Waals surface area contributed by atoms with Gasteiger partial charge in [0, 0.05) is 5.38 Å². The Hall–Kier alpha value is -1.42. The van der Waals surface area contributed by atoms with Crippen LogP contribution in [0.5, 0.6) is 0 Å². The molecule has 13 heteroatoms. The third-order valence-corrected chi connectivity index (χ3v) is 7.12. The number of aliphatic hydroxyl groups excluding tert-OH is 2. The molecule has 4 rings (SSSR count). The van der Waals surface area contributed by atoms with E-state index in [0.29, 0.717) is 10.8 Å². The highest BCUT2D eigenvalue weighted by Crippen LogP contribution is 2.42. The van der Waals surface area contributed by atoms with Crippen molar-refractivity contribution < 1.29 is 34.3 Å². The van der Waals surface area contributed by atoms with E-state index in [2.05, 4.69) is 20.9 Å². The number of nitrogens with zero attached hydrogens (tertiary/aromatic N) is 1. The first-order chi connectivity index (χ1) is 15.2. The average molecular weight is 474 g/mol. The number of ether oxygens (including phenoxy) is 3. The van der Waals surface area contributed by atoms with Crippen molar-refractivity contribution in [3.8, 4) is 0 Å². The van der Waals surface area contributed by atoms with Gasteiger partial charge in [-0.25, -0.2) is 4.98 Å². The van der Waals surface area contributed by atoms with E-state index in [4.69, 9.17) is 19.9 Å². The lowest BCUT2D eigenvalue weighted by Gasteiger charge is -2.58. The van der Waals surface area contributed by atoms with E-state index in [1.165, 1.54) is 11.3 Å². The standard InChI is InChI=1S/C19H31N5O7S/c1-7-4-9(24-10(25)5-8-6-32-18(20)23-8)19(28)17(29-7)30-16-14(27)11(21-2)13(26)12(22-3)15(16)31-19/h6-7,9,11-17,21-22,26-28H,4-5H2,1-3H3,(H2,20,23)(H,24,25)/t7-,9-,11-,12+,13+,14+,15?,16?,17?,19+/m1/s1. The molecule has 3 heterocycles. The quantitative estimate of drug-likeness (QED) is 0.236. The van der Waals surface area contributed by atoms with E-state index >= 15 is 0 Å². The van der Waals surface area contributed by atoms with E-state index in [1.54, 1.807) is 26.4 Å². The van der Waals surface area contributed by atoms with Crippen molar-refractivity contribution in [2.45, 2.75) is 80.5 Å². The lowest BCUT2D eigenvalue weighted by Crippen LogP contribution is -2.79. The summed E-state index contributed by atoms with van der Waals surface area (Å²) in [5, 5.41) is 43.8. The molecule has 3 unspecified atom stereocenters. The summed E-state index contributed by atoms with van der Waals surface area (Å²) in [4.78, 5) is 16.8. The Morgan fingerprint density at radius 1 is 1.25 bits per heavy atom. The van der Waals surface area contributed by atoms with Gasteiger partial charge in [0.2, 0.25) is 18.0 Å². The summed E-state index contributed by atoms with van der Waals surface area (Å²) in [6, 6.07) is -2.18. The summed E-state index contributed by atoms with van der Waals surface area (Å²) < 4.78 is 17.9. The molecule has 1 aromatic rings. The number of thiazole rings is 1. The Balaban J connectivity index is 1.56. The predicted octanol–water partition coefficient (Wildman–Crippen LogP) is -2.73. The van der Waals surface area contributed by atoms with Crippen molar-refractivity contribution in [1.29, 1.82) is 0 Å². The Labute approximate surface area is 189 Å². The summed E-state index contributed by atoms with van der Waals surface area (Å²) in [5.41, 5.74) is 6.16. The second-order valence-electron chi connectivity index (χ2n) is 8.53. The van der Waals surface area contributed by atoms with Gasteiger partial charge in [0.1, 0.15) is 18.3 Å². The van der Waals surface area contributed by atoms with E-state index in [-0.39, 0.29) is 24.9 Å². The molecule has 8 N–H and O–H groups in total. The first kappa shape index (κ1) is 23.7. The van der Waals surface area contributed by atoms with Gasteiger partial charge in [0.25, 0.3) is 0 Å². The average Bonchev–Trinajstić information content (AvgIpc) is 3.13. The number of aromatic nitrogens is 1. The van der Waals surface area contributed by atoms with Crippen LogP contribution in [-0.2, 0) is 25.4 Å². The molecule has 2 aliphatic heterocycles. The molecule has 3 fully saturated rings. The minimum atomic E-state index is -2.02. The topological polar surface area (TPSA) is 180 Å². The summed E-state index contributed by atoms with van der Waals surface area (Å²) in [6.45, 7) is 1.79. The molecule has 12 nitrogen and oxygen atoms in total. The van der Waals surface area contributed by atoms with Crippen LogP contribution in [0.25, 0.3) is 0 Å². The number of rotatable bonds is 5. The van der Waals surface area contributed by atoms with E-state index < -0.39 is 54.6 Å². The van der Waals surface area contributed by atoms with E-state index in [0.717, 1.165) is 0 Å². The van der Waals surface area contributed by atoms with E-state index in [9.17, 15) is 20.1 Å². The van der Waals surface area contributed by atoms with Crippen molar-refractivity contribution in [2.75, 3.05) is 19.8 Å². The minimum absolute atomic E-state index is 0.00643. The van der Waals surface area contributed by atoms with Crippen molar-refractivity contribution in [3.05, 3.63) is 11.1 Å². The van der Waals surface area contributed by atoms with Gasteiger partial charge in [-0.05, 0) is 27.4 Å². The number of carbonyl (C=O) groups is 1. The lowest BCUT2D eigenvalue weighted by molar-refractivity contribution is -0.449. The summed E-state index contributed by atoms with van der Waals surface area (Å²) in [5.74, 6) is -2.39. The van der Waals surface area contributed by atoms with Gasteiger partial charge in [0.05, 0.1) is 42.4 Å². The van der Waals surface area contributed by atoms with Crippen LogP contribution in [0.15, 0.2) is 5.38 Å². The first-order valence-corrected chi connectivity index (χ1v) is 11.5.